The SMILES string of the molecule is CC[C@@H](C(=O)Nc1cc(C)on1)N1CCC[C@H]1Cn1cc(C)cn1. The first-order chi connectivity index (χ1) is 11.6. The van der Waals surface area contributed by atoms with Gasteiger partial charge in [-0.25, -0.2) is 0 Å². The number of rotatable bonds is 6. The van der Waals surface area contributed by atoms with Crippen molar-refractivity contribution in [3.8, 4) is 0 Å². The van der Waals surface area contributed by atoms with Crippen molar-refractivity contribution in [1.29, 1.82) is 0 Å². The van der Waals surface area contributed by atoms with Gasteiger partial charge in [-0.3, -0.25) is 14.4 Å². The van der Waals surface area contributed by atoms with E-state index in [2.05, 4.69) is 26.7 Å². The van der Waals surface area contributed by atoms with Gasteiger partial charge in [-0.2, -0.15) is 5.10 Å². The van der Waals surface area contributed by atoms with Crippen molar-refractivity contribution in [3.63, 3.8) is 0 Å². The number of carbonyl (C=O) groups is 1. The molecule has 0 saturated carbocycles. The summed E-state index contributed by atoms with van der Waals surface area (Å²) >= 11 is 0. The second-order valence-electron chi connectivity index (χ2n) is 6.51. The average Bonchev–Trinajstić information content (AvgIpc) is 3.25. The van der Waals surface area contributed by atoms with Crippen LogP contribution in [0.3, 0.4) is 0 Å². The highest BCUT2D eigenvalue weighted by Gasteiger charge is 2.34. The molecule has 24 heavy (non-hydrogen) atoms. The van der Waals surface area contributed by atoms with Gasteiger partial charge in [0.15, 0.2) is 5.82 Å². The number of amides is 1. The Labute approximate surface area is 142 Å². The minimum Gasteiger partial charge on any atom is -0.360 e. The van der Waals surface area contributed by atoms with E-state index in [-0.39, 0.29) is 11.9 Å². The number of likely N-dealkylation sites (tertiary alicyclic amines) is 1. The van der Waals surface area contributed by atoms with Crippen LogP contribution in [0.2, 0.25) is 0 Å². The fourth-order valence-corrected chi connectivity index (χ4v) is 3.45. The van der Waals surface area contributed by atoms with Crippen LogP contribution in [0.4, 0.5) is 5.82 Å². The van der Waals surface area contributed by atoms with Gasteiger partial charge in [-0.05, 0) is 45.2 Å². The van der Waals surface area contributed by atoms with Crippen LogP contribution in [-0.2, 0) is 11.3 Å². The first-order valence-corrected chi connectivity index (χ1v) is 8.55. The molecular weight excluding hydrogens is 306 g/mol. The van der Waals surface area contributed by atoms with Gasteiger partial charge in [0.05, 0.1) is 18.8 Å². The molecule has 0 aliphatic carbocycles. The molecule has 1 N–H and O–H groups in total. The van der Waals surface area contributed by atoms with Gasteiger partial charge in [-0.1, -0.05) is 12.1 Å². The van der Waals surface area contributed by atoms with Crippen LogP contribution in [0.1, 0.15) is 37.5 Å². The molecule has 1 aliphatic rings. The number of nitrogens with zero attached hydrogens (tertiary/aromatic N) is 4. The molecule has 1 amide bonds. The van der Waals surface area contributed by atoms with Crippen molar-refractivity contribution in [2.75, 3.05) is 11.9 Å². The normalized spacial score (nSPS) is 19.5. The minimum atomic E-state index is -0.161. The maximum absolute atomic E-state index is 12.7. The molecule has 2 aromatic heterocycles. The van der Waals surface area contributed by atoms with Gasteiger partial charge in [0, 0.05) is 18.3 Å². The van der Waals surface area contributed by atoms with E-state index in [0.29, 0.717) is 17.6 Å². The van der Waals surface area contributed by atoms with Crippen molar-refractivity contribution < 1.29 is 9.32 Å². The Morgan fingerprint density at radius 2 is 2.33 bits per heavy atom. The van der Waals surface area contributed by atoms with Crippen molar-refractivity contribution >= 4 is 11.7 Å². The zero-order chi connectivity index (χ0) is 17.1. The molecule has 3 rings (SSSR count). The Morgan fingerprint density at radius 3 is 2.96 bits per heavy atom. The van der Waals surface area contributed by atoms with Crippen molar-refractivity contribution in [1.82, 2.24) is 19.8 Å². The summed E-state index contributed by atoms with van der Waals surface area (Å²) < 4.78 is 6.99. The third kappa shape index (κ3) is 3.67. The lowest BCUT2D eigenvalue weighted by Crippen LogP contribution is -2.47. The average molecular weight is 331 g/mol. The van der Waals surface area contributed by atoms with Crippen molar-refractivity contribution in [2.45, 2.75) is 58.7 Å². The van der Waals surface area contributed by atoms with E-state index in [4.69, 9.17) is 4.52 Å². The number of aromatic nitrogens is 3. The molecule has 130 valence electrons. The summed E-state index contributed by atoms with van der Waals surface area (Å²) in [5.74, 6) is 1.15. The van der Waals surface area contributed by atoms with E-state index in [9.17, 15) is 4.79 Å². The summed E-state index contributed by atoms with van der Waals surface area (Å²) in [7, 11) is 0. The number of aryl methyl sites for hydroxylation is 2. The van der Waals surface area contributed by atoms with Crippen LogP contribution < -0.4 is 5.32 Å². The molecule has 1 saturated heterocycles. The van der Waals surface area contributed by atoms with Gasteiger partial charge in [0.2, 0.25) is 5.91 Å². The number of nitrogens with one attached hydrogen (secondary N) is 1. The van der Waals surface area contributed by atoms with Crippen LogP contribution in [0.5, 0.6) is 0 Å². The van der Waals surface area contributed by atoms with Gasteiger partial charge < -0.3 is 9.84 Å². The quantitative estimate of drug-likeness (QED) is 0.879. The Kier molecular flexibility index (Phi) is 4.99. The van der Waals surface area contributed by atoms with Gasteiger partial charge >= 0.3 is 0 Å². The second kappa shape index (κ2) is 7.17. The van der Waals surface area contributed by atoms with Crippen LogP contribution >= 0.6 is 0 Å². The first-order valence-electron chi connectivity index (χ1n) is 8.55. The number of anilines is 1. The van der Waals surface area contributed by atoms with Crippen LogP contribution in [-0.4, -0.2) is 44.4 Å². The van der Waals surface area contributed by atoms with E-state index in [1.165, 1.54) is 0 Å². The predicted octanol–water partition coefficient (Wildman–Crippen LogP) is 2.37. The van der Waals surface area contributed by atoms with E-state index in [0.717, 1.165) is 37.9 Å². The highest BCUT2D eigenvalue weighted by atomic mass is 16.5. The Hall–Kier alpha value is -2.15. The molecule has 0 bridgehead atoms. The van der Waals surface area contributed by atoms with Gasteiger partial charge in [0.25, 0.3) is 0 Å². The van der Waals surface area contributed by atoms with Gasteiger partial charge in [-0.15, -0.1) is 0 Å². The highest BCUT2D eigenvalue weighted by Crippen LogP contribution is 2.24. The van der Waals surface area contributed by atoms with E-state index in [1.807, 2.05) is 31.6 Å². The summed E-state index contributed by atoms with van der Waals surface area (Å²) in [4.78, 5) is 15.0. The summed E-state index contributed by atoms with van der Waals surface area (Å²) in [6.45, 7) is 7.65. The van der Waals surface area contributed by atoms with E-state index < -0.39 is 0 Å². The molecule has 7 nitrogen and oxygen atoms in total. The monoisotopic (exact) mass is 331 g/mol. The first kappa shape index (κ1) is 16.7. The number of hydrogen-bond acceptors (Lipinski definition) is 5. The lowest BCUT2D eigenvalue weighted by molar-refractivity contribution is -0.122. The summed E-state index contributed by atoms with van der Waals surface area (Å²) in [6.07, 6.45) is 6.88. The molecule has 0 aromatic carbocycles. The number of carbonyl (C=O) groups excluding carboxylic acids is 1. The standard InChI is InChI=1S/C17H25N5O2/c1-4-15(17(23)19-16-8-13(3)24-20-16)22-7-5-6-14(22)11-21-10-12(2)9-18-21/h8-10,14-15H,4-7,11H2,1-3H3,(H,19,20,23)/t14-,15-/m0/s1. The zero-order valence-corrected chi connectivity index (χ0v) is 14.5. The molecular formula is C17H25N5O2. The molecule has 7 heteroatoms. The maximum Gasteiger partial charge on any atom is 0.242 e. The second-order valence-corrected chi connectivity index (χ2v) is 6.51. The molecule has 3 heterocycles. The fraction of sp³-hybridized carbons (Fsp3) is 0.588. The summed E-state index contributed by atoms with van der Waals surface area (Å²) in [5, 5.41) is 11.1. The fourth-order valence-electron chi connectivity index (χ4n) is 3.45. The molecule has 0 spiro atoms. The predicted molar refractivity (Wildman–Crippen MR) is 90.6 cm³/mol. The van der Waals surface area contributed by atoms with Crippen molar-refractivity contribution in [3.05, 3.63) is 29.8 Å². The summed E-state index contributed by atoms with van der Waals surface area (Å²) in [5.41, 5.74) is 1.16. The molecule has 0 unspecified atom stereocenters. The van der Waals surface area contributed by atoms with Crippen LogP contribution in [0.25, 0.3) is 0 Å². The van der Waals surface area contributed by atoms with Crippen LogP contribution in [0.15, 0.2) is 23.0 Å². The third-order valence-electron chi connectivity index (χ3n) is 4.55. The minimum absolute atomic E-state index is 0.0191. The lowest BCUT2D eigenvalue weighted by Gasteiger charge is -2.31. The third-order valence-corrected chi connectivity index (χ3v) is 4.55. The molecule has 0 radical (unpaired) electrons. The molecule has 2 aromatic rings. The largest absolute Gasteiger partial charge is 0.360 e. The lowest BCUT2D eigenvalue weighted by atomic mass is 10.1. The zero-order valence-electron chi connectivity index (χ0n) is 14.5. The van der Waals surface area contributed by atoms with E-state index in [1.54, 1.807) is 6.07 Å². The molecule has 1 aliphatic heterocycles. The molecule has 2 atom stereocenters. The Balaban J connectivity index is 1.67. The van der Waals surface area contributed by atoms with Crippen molar-refractivity contribution in [2.24, 2.45) is 0 Å². The highest BCUT2D eigenvalue weighted by molar-refractivity contribution is 5.94. The summed E-state index contributed by atoms with van der Waals surface area (Å²) in [6, 6.07) is 1.91. The Bertz CT molecular complexity index is 693. The molecule has 1 fully saturated rings. The topological polar surface area (TPSA) is 76.2 Å². The maximum atomic E-state index is 12.7. The van der Waals surface area contributed by atoms with Gasteiger partial charge in [0.1, 0.15) is 5.76 Å². The van der Waals surface area contributed by atoms with E-state index >= 15 is 0 Å². The smallest absolute Gasteiger partial charge is 0.242 e. The number of hydrogen-bond donors (Lipinski definition) is 1. The Morgan fingerprint density at radius 1 is 1.50 bits per heavy atom. The van der Waals surface area contributed by atoms with Crippen LogP contribution in [0, 0.1) is 13.8 Å².